The molecule has 0 bridgehead atoms. The number of hydrogen-bond acceptors (Lipinski definition) is 5. The van der Waals surface area contributed by atoms with E-state index in [0.29, 0.717) is 18.3 Å². The summed E-state index contributed by atoms with van der Waals surface area (Å²) in [5.41, 5.74) is 6.78. The summed E-state index contributed by atoms with van der Waals surface area (Å²) in [6, 6.07) is 20.6. The monoisotopic (exact) mass is 383 g/mol. The fourth-order valence-electron chi connectivity index (χ4n) is 3.79. The number of tetrazole rings is 1. The number of H-pyrrole nitrogens is 1. The van der Waals surface area contributed by atoms with E-state index in [-0.39, 0.29) is 0 Å². The van der Waals surface area contributed by atoms with Crippen molar-refractivity contribution in [3.05, 3.63) is 77.5 Å². The molecular weight excluding hydrogens is 362 g/mol. The molecule has 6 heteroatoms. The standard InChI is InChI=1S/C23H21N5O/c1-4-8-21-18(5-1)13-14-22(24-21)29-15-16-9-11-17(12-10-16)19-6-2-3-7-20(19)23-25-27-28-26-23/h2-3,6-7,9-14H,1,4-5,8,15H2,(H,25,26,27,28). The van der Waals surface area contributed by atoms with Crippen molar-refractivity contribution in [3.63, 3.8) is 0 Å². The summed E-state index contributed by atoms with van der Waals surface area (Å²) in [5.74, 6) is 1.30. The van der Waals surface area contributed by atoms with Gasteiger partial charge < -0.3 is 4.74 Å². The van der Waals surface area contributed by atoms with Crippen molar-refractivity contribution in [1.29, 1.82) is 0 Å². The highest BCUT2D eigenvalue weighted by molar-refractivity contribution is 5.80. The molecule has 0 radical (unpaired) electrons. The van der Waals surface area contributed by atoms with Crippen molar-refractivity contribution < 1.29 is 4.74 Å². The Morgan fingerprint density at radius 3 is 2.52 bits per heavy atom. The largest absolute Gasteiger partial charge is 0.473 e. The Hall–Kier alpha value is -3.54. The zero-order valence-electron chi connectivity index (χ0n) is 16.0. The molecule has 0 amide bonds. The summed E-state index contributed by atoms with van der Waals surface area (Å²) in [5, 5.41) is 14.4. The van der Waals surface area contributed by atoms with Gasteiger partial charge in [0.1, 0.15) is 6.61 Å². The van der Waals surface area contributed by atoms with Gasteiger partial charge in [0.15, 0.2) is 0 Å². The summed E-state index contributed by atoms with van der Waals surface area (Å²) >= 11 is 0. The molecule has 4 aromatic rings. The number of nitrogens with one attached hydrogen (secondary N) is 1. The molecule has 2 heterocycles. The van der Waals surface area contributed by atoms with Crippen LogP contribution in [0.5, 0.6) is 5.88 Å². The van der Waals surface area contributed by atoms with Crippen LogP contribution in [0.3, 0.4) is 0 Å². The van der Waals surface area contributed by atoms with Gasteiger partial charge in [-0.25, -0.2) is 4.98 Å². The van der Waals surface area contributed by atoms with Crippen LogP contribution in [0.25, 0.3) is 22.5 Å². The van der Waals surface area contributed by atoms with E-state index >= 15 is 0 Å². The van der Waals surface area contributed by atoms with E-state index < -0.39 is 0 Å². The van der Waals surface area contributed by atoms with Crippen LogP contribution in [0, 0.1) is 0 Å². The van der Waals surface area contributed by atoms with E-state index in [0.717, 1.165) is 35.1 Å². The lowest BCUT2D eigenvalue weighted by Gasteiger charge is -2.15. The molecule has 1 aliphatic carbocycles. The number of aromatic amines is 1. The van der Waals surface area contributed by atoms with Crippen LogP contribution in [0.15, 0.2) is 60.7 Å². The van der Waals surface area contributed by atoms with Crippen LogP contribution in [0.2, 0.25) is 0 Å². The van der Waals surface area contributed by atoms with Gasteiger partial charge in [0.2, 0.25) is 11.7 Å². The van der Waals surface area contributed by atoms with Gasteiger partial charge in [-0.2, -0.15) is 5.21 Å². The van der Waals surface area contributed by atoms with Gasteiger partial charge in [-0.05, 0) is 53.2 Å². The van der Waals surface area contributed by atoms with Crippen LogP contribution < -0.4 is 4.74 Å². The molecule has 144 valence electrons. The molecule has 0 aliphatic heterocycles. The van der Waals surface area contributed by atoms with Crippen molar-refractivity contribution >= 4 is 0 Å². The van der Waals surface area contributed by atoms with E-state index in [1.165, 1.54) is 24.1 Å². The first-order chi connectivity index (χ1) is 14.4. The second-order valence-electron chi connectivity index (χ2n) is 7.23. The van der Waals surface area contributed by atoms with Gasteiger partial charge >= 0.3 is 0 Å². The van der Waals surface area contributed by atoms with Crippen LogP contribution in [-0.2, 0) is 19.4 Å². The van der Waals surface area contributed by atoms with Crippen LogP contribution in [0.4, 0.5) is 0 Å². The lowest BCUT2D eigenvalue weighted by molar-refractivity contribution is 0.292. The molecule has 0 atom stereocenters. The first-order valence-corrected chi connectivity index (χ1v) is 9.90. The summed E-state index contributed by atoms with van der Waals surface area (Å²) in [7, 11) is 0. The first-order valence-electron chi connectivity index (χ1n) is 9.90. The number of nitrogens with zero attached hydrogens (tertiary/aromatic N) is 4. The number of aromatic nitrogens is 5. The molecule has 0 saturated carbocycles. The zero-order chi connectivity index (χ0) is 19.5. The Labute approximate surface area is 169 Å². The van der Waals surface area contributed by atoms with Crippen molar-refractivity contribution in [2.24, 2.45) is 0 Å². The quantitative estimate of drug-likeness (QED) is 0.553. The molecule has 0 unspecified atom stereocenters. The smallest absolute Gasteiger partial charge is 0.213 e. The molecule has 2 aromatic carbocycles. The minimum absolute atomic E-state index is 0.499. The average Bonchev–Trinajstić information content (AvgIpc) is 3.33. The van der Waals surface area contributed by atoms with Crippen LogP contribution in [-0.4, -0.2) is 25.6 Å². The van der Waals surface area contributed by atoms with Gasteiger partial charge in [-0.15, -0.1) is 10.2 Å². The topological polar surface area (TPSA) is 76.6 Å². The second kappa shape index (κ2) is 7.83. The van der Waals surface area contributed by atoms with Gasteiger partial charge in [-0.3, -0.25) is 0 Å². The van der Waals surface area contributed by atoms with E-state index in [9.17, 15) is 0 Å². The van der Waals surface area contributed by atoms with Crippen molar-refractivity contribution in [2.45, 2.75) is 32.3 Å². The van der Waals surface area contributed by atoms with Gasteiger partial charge in [0.05, 0.1) is 0 Å². The fraction of sp³-hybridized carbons (Fsp3) is 0.217. The van der Waals surface area contributed by atoms with E-state index in [1.54, 1.807) is 0 Å². The Balaban J connectivity index is 1.31. The average molecular weight is 383 g/mol. The predicted molar refractivity (Wildman–Crippen MR) is 110 cm³/mol. The molecule has 29 heavy (non-hydrogen) atoms. The molecule has 1 N–H and O–H groups in total. The number of benzene rings is 2. The molecule has 6 nitrogen and oxygen atoms in total. The minimum atomic E-state index is 0.499. The summed E-state index contributed by atoms with van der Waals surface area (Å²) in [6.07, 6.45) is 4.67. The maximum atomic E-state index is 5.94. The summed E-state index contributed by atoms with van der Waals surface area (Å²) < 4.78 is 5.94. The molecule has 1 aliphatic rings. The number of ether oxygens (including phenoxy) is 1. The van der Waals surface area contributed by atoms with E-state index in [1.807, 2.05) is 24.3 Å². The van der Waals surface area contributed by atoms with Gasteiger partial charge in [-0.1, -0.05) is 54.6 Å². The third-order valence-electron chi connectivity index (χ3n) is 5.32. The summed E-state index contributed by atoms with van der Waals surface area (Å²) in [6.45, 7) is 0.499. The molecule has 0 fully saturated rings. The fourth-order valence-corrected chi connectivity index (χ4v) is 3.79. The highest BCUT2D eigenvalue weighted by atomic mass is 16.5. The van der Waals surface area contributed by atoms with Gasteiger partial charge in [0, 0.05) is 17.3 Å². The van der Waals surface area contributed by atoms with Crippen LogP contribution >= 0.6 is 0 Å². The molecule has 5 rings (SSSR count). The second-order valence-corrected chi connectivity index (χ2v) is 7.23. The molecule has 0 saturated heterocycles. The predicted octanol–water partition coefficient (Wildman–Crippen LogP) is 4.39. The highest BCUT2D eigenvalue weighted by Gasteiger charge is 2.12. The lowest BCUT2D eigenvalue weighted by atomic mass is 9.96. The van der Waals surface area contributed by atoms with E-state index in [2.05, 4.69) is 62.0 Å². The maximum absolute atomic E-state index is 5.94. The maximum Gasteiger partial charge on any atom is 0.213 e. The van der Waals surface area contributed by atoms with Crippen molar-refractivity contribution in [3.8, 4) is 28.4 Å². The minimum Gasteiger partial charge on any atom is -0.473 e. The van der Waals surface area contributed by atoms with Crippen molar-refractivity contribution in [2.75, 3.05) is 0 Å². The Kier molecular flexibility index (Phi) is 4.74. The Bertz CT molecular complexity index is 1110. The van der Waals surface area contributed by atoms with Crippen LogP contribution in [0.1, 0.15) is 29.7 Å². The van der Waals surface area contributed by atoms with Gasteiger partial charge in [0.25, 0.3) is 0 Å². The number of aryl methyl sites for hydroxylation is 2. The molecule has 2 aromatic heterocycles. The SMILES string of the molecule is c1ccc(-c2nn[nH]n2)c(-c2ccc(COc3ccc4c(n3)CCCC4)cc2)c1. The first kappa shape index (κ1) is 17.6. The third kappa shape index (κ3) is 3.74. The highest BCUT2D eigenvalue weighted by Crippen LogP contribution is 2.30. The van der Waals surface area contributed by atoms with E-state index in [4.69, 9.17) is 4.74 Å². The number of hydrogen-bond donors (Lipinski definition) is 1. The number of rotatable bonds is 5. The Morgan fingerprint density at radius 2 is 1.69 bits per heavy atom. The third-order valence-corrected chi connectivity index (χ3v) is 5.32. The lowest BCUT2D eigenvalue weighted by Crippen LogP contribution is -2.06. The van der Waals surface area contributed by atoms with Crippen molar-refractivity contribution in [1.82, 2.24) is 25.6 Å². The summed E-state index contributed by atoms with van der Waals surface area (Å²) in [4.78, 5) is 4.69. The molecule has 0 spiro atoms. The molecular formula is C23H21N5O. The number of pyridine rings is 1. The zero-order valence-corrected chi connectivity index (χ0v) is 16.0. The Morgan fingerprint density at radius 1 is 0.862 bits per heavy atom. The number of fused-ring (bicyclic) bond motifs is 1. The normalized spacial score (nSPS) is 13.1.